The first-order valence-electron chi connectivity index (χ1n) is 15.6. The summed E-state index contributed by atoms with van der Waals surface area (Å²) in [5.74, 6) is 0.781. The van der Waals surface area contributed by atoms with E-state index in [1.165, 1.54) is 0 Å². The second-order valence-corrected chi connectivity index (χ2v) is 12.5. The molecule has 10 heteroatoms. The molecule has 1 saturated heterocycles. The van der Waals surface area contributed by atoms with Crippen molar-refractivity contribution < 1.29 is 23.8 Å². The number of pyridine rings is 1. The predicted octanol–water partition coefficient (Wildman–Crippen LogP) is 6.70. The number of fused-ring (bicyclic) bond motifs is 2. The van der Waals surface area contributed by atoms with E-state index in [4.69, 9.17) is 25.0 Å². The van der Waals surface area contributed by atoms with Crippen LogP contribution >= 0.6 is 0 Å². The number of benzene rings is 3. The zero-order chi connectivity index (χ0) is 32.4. The Labute approximate surface area is 268 Å². The SMILES string of the molecule is CCOC(=O)Cc1ccccc1OCc1nn(C2CCN(C(=O)OC(C)(C)C)C2)c2ccc(-c3ccc4ccnc(N)c4c3)cc12. The minimum Gasteiger partial charge on any atom is -0.487 e. The van der Waals surface area contributed by atoms with Gasteiger partial charge in [0.2, 0.25) is 0 Å². The summed E-state index contributed by atoms with van der Waals surface area (Å²) in [5.41, 5.74) is 10.1. The van der Waals surface area contributed by atoms with Crippen molar-refractivity contribution in [3.8, 4) is 16.9 Å². The van der Waals surface area contributed by atoms with Gasteiger partial charge in [0.05, 0.1) is 24.6 Å². The minimum atomic E-state index is -0.568. The highest BCUT2D eigenvalue weighted by Crippen LogP contribution is 2.34. The van der Waals surface area contributed by atoms with Gasteiger partial charge < -0.3 is 24.8 Å². The van der Waals surface area contributed by atoms with E-state index in [0.29, 0.717) is 31.3 Å². The molecule has 0 aliphatic carbocycles. The van der Waals surface area contributed by atoms with Gasteiger partial charge in [-0.1, -0.05) is 36.4 Å². The number of ether oxygens (including phenoxy) is 3. The largest absolute Gasteiger partial charge is 0.487 e. The van der Waals surface area contributed by atoms with Crippen LogP contribution in [0.15, 0.2) is 72.9 Å². The van der Waals surface area contributed by atoms with Crippen LogP contribution in [0.1, 0.15) is 51.4 Å². The highest BCUT2D eigenvalue weighted by molar-refractivity contribution is 5.95. The molecule has 238 valence electrons. The highest BCUT2D eigenvalue weighted by atomic mass is 16.6. The van der Waals surface area contributed by atoms with Gasteiger partial charge in [0, 0.05) is 35.6 Å². The third-order valence-corrected chi connectivity index (χ3v) is 8.05. The van der Waals surface area contributed by atoms with Crippen LogP contribution in [0.3, 0.4) is 0 Å². The predicted molar refractivity (Wildman–Crippen MR) is 177 cm³/mol. The fourth-order valence-corrected chi connectivity index (χ4v) is 5.88. The molecule has 3 aromatic carbocycles. The van der Waals surface area contributed by atoms with Crippen LogP contribution < -0.4 is 10.5 Å². The zero-order valence-electron chi connectivity index (χ0n) is 26.7. The van der Waals surface area contributed by atoms with E-state index in [1.807, 2.05) is 61.9 Å². The number of esters is 1. The van der Waals surface area contributed by atoms with Gasteiger partial charge in [-0.2, -0.15) is 5.10 Å². The average Bonchev–Trinajstić information content (AvgIpc) is 3.65. The first kappa shape index (κ1) is 30.9. The molecular weight excluding hydrogens is 582 g/mol. The molecule has 0 bridgehead atoms. The van der Waals surface area contributed by atoms with Crippen molar-refractivity contribution in [3.63, 3.8) is 0 Å². The molecule has 5 aromatic rings. The van der Waals surface area contributed by atoms with Crippen molar-refractivity contribution in [2.45, 2.75) is 58.8 Å². The molecule has 2 N–H and O–H groups in total. The Balaban J connectivity index is 1.35. The number of carbonyl (C=O) groups is 2. The number of hydrogen-bond acceptors (Lipinski definition) is 8. The lowest BCUT2D eigenvalue weighted by atomic mass is 10.00. The van der Waals surface area contributed by atoms with Crippen molar-refractivity contribution in [2.24, 2.45) is 0 Å². The zero-order valence-corrected chi connectivity index (χ0v) is 26.7. The van der Waals surface area contributed by atoms with E-state index in [2.05, 4.69) is 35.3 Å². The van der Waals surface area contributed by atoms with Crippen molar-refractivity contribution in [2.75, 3.05) is 25.4 Å². The Morgan fingerprint density at radius 2 is 1.76 bits per heavy atom. The number of nitrogens with zero attached hydrogens (tertiary/aromatic N) is 4. The normalized spacial score (nSPS) is 15.0. The van der Waals surface area contributed by atoms with E-state index in [-0.39, 0.29) is 31.1 Å². The number of nitrogens with two attached hydrogens (primary N) is 1. The highest BCUT2D eigenvalue weighted by Gasteiger charge is 2.32. The summed E-state index contributed by atoms with van der Waals surface area (Å²) in [6, 6.07) is 21.8. The van der Waals surface area contributed by atoms with Gasteiger partial charge in [-0.3, -0.25) is 9.48 Å². The smallest absolute Gasteiger partial charge is 0.410 e. The number of nitrogen functional groups attached to an aromatic ring is 1. The molecule has 3 heterocycles. The van der Waals surface area contributed by atoms with Gasteiger partial charge in [-0.15, -0.1) is 0 Å². The summed E-state index contributed by atoms with van der Waals surface area (Å²) in [5, 5.41) is 7.92. The number of likely N-dealkylation sites (tertiary alicyclic amines) is 1. The second-order valence-electron chi connectivity index (χ2n) is 12.5. The van der Waals surface area contributed by atoms with E-state index < -0.39 is 5.60 Å². The molecule has 1 amide bonds. The van der Waals surface area contributed by atoms with Gasteiger partial charge in [0.15, 0.2) is 0 Å². The van der Waals surface area contributed by atoms with E-state index in [1.54, 1.807) is 18.0 Å². The molecule has 0 spiro atoms. The summed E-state index contributed by atoms with van der Waals surface area (Å²) < 4.78 is 19.1. The number of amides is 1. The summed E-state index contributed by atoms with van der Waals surface area (Å²) >= 11 is 0. The molecular formula is C36H39N5O5. The number of anilines is 1. The van der Waals surface area contributed by atoms with E-state index >= 15 is 0 Å². The van der Waals surface area contributed by atoms with Crippen molar-refractivity contribution >= 4 is 39.6 Å². The Kier molecular flexibility index (Phi) is 8.53. The number of carbonyl (C=O) groups excluding carboxylic acids is 2. The molecule has 2 aromatic heterocycles. The van der Waals surface area contributed by atoms with Crippen LogP contribution in [-0.4, -0.2) is 57.0 Å². The Morgan fingerprint density at radius 1 is 1.00 bits per heavy atom. The van der Waals surface area contributed by atoms with Crippen LogP contribution in [-0.2, 0) is 27.3 Å². The standard InChI is InChI=1S/C36H39N5O5/c1-5-44-33(42)20-26-8-6-7-9-32(26)45-22-30-29-19-25(24-11-10-23-14-16-38-34(37)28(23)18-24)12-13-31(29)41(39-30)27-15-17-40(21-27)35(43)46-36(2,3)4/h6-14,16,18-19,27H,5,15,17,20-22H2,1-4H3,(H2,37,38). The van der Waals surface area contributed by atoms with Gasteiger partial charge in [0.1, 0.15) is 29.5 Å². The lowest BCUT2D eigenvalue weighted by Gasteiger charge is -2.24. The van der Waals surface area contributed by atoms with Crippen LogP contribution in [0.4, 0.5) is 10.6 Å². The van der Waals surface area contributed by atoms with E-state index in [0.717, 1.165) is 50.5 Å². The maximum Gasteiger partial charge on any atom is 0.410 e. The number of hydrogen-bond donors (Lipinski definition) is 1. The van der Waals surface area contributed by atoms with Crippen molar-refractivity contribution in [3.05, 3.63) is 84.2 Å². The molecule has 0 saturated carbocycles. The van der Waals surface area contributed by atoms with Crippen LogP contribution in [0.2, 0.25) is 0 Å². The van der Waals surface area contributed by atoms with Crippen molar-refractivity contribution in [1.29, 1.82) is 0 Å². The molecule has 6 rings (SSSR count). The fourth-order valence-electron chi connectivity index (χ4n) is 5.88. The van der Waals surface area contributed by atoms with Crippen LogP contribution in [0.25, 0.3) is 32.8 Å². The maximum atomic E-state index is 12.8. The molecule has 1 aliphatic rings. The third kappa shape index (κ3) is 6.61. The van der Waals surface area contributed by atoms with Gasteiger partial charge >= 0.3 is 12.1 Å². The summed E-state index contributed by atoms with van der Waals surface area (Å²) in [6.07, 6.45) is 2.26. The number of rotatable bonds is 8. The molecule has 1 fully saturated rings. The average molecular weight is 622 g/mol. The first-order valence-corrected chi connectivity index (χ1v) is 15.6. The third-order valence-electron chi connectivity index (χ3n) is 8.05. The summed E-state index contributed by atoms with van der Waals surface area (Å²) in [4.78, 5) is 31.1. The number of aromatic nitrogens is 3. The van der Waals surface area contributed by atoms with Crippen LogP contribution in [0.5, 0.6) is 5.75 Å². The maximum absolute atomic E-state index is 12.8. The molecule has 10 nitrogen and oxygen atoms in total. The van der Waals surface area contributed by atoms with Crippen LogP contribution in [0, 0.1) is 0 Å². The summed E-state index contributed by atoms with van der Waals surface area (Å²) in [7, 11) is 0. The van der Waals surface area contributed by atoms with E-state index in [9.17, 15) is 9.59 Å². The second kappa shape index (κ2) is 12.7. The van der Waals surface area contributed by atoms with Gasteiger partial charge in [-0.25, -0.2) is 9.78 Å². The minimum absolute atomic E-state index is 0.0303. The topological polar surface area (TPSA) is 122 Å². The quantitative estimate of drug-likeness (QED) is 0.190. The molecule has 1 atom stereocenters. The monoisotopic (exact) mass is 621 g/mol. The Bertz CT molecular complexity index is 1910. The number of para-hydroxylation sites is 1. The fraction of sp³-hybridized carbons (Fsp3) is 0.333. The Morgan fingerprint density at radius 3 is 2.54 bits per heavy atom. The molecule has 0 radical (unpaired) electrons. The molecule has 1 unspecified atom stereocenters. The van der Waals surface area contributed by atoms with Gasteiger partial charge in [-0.05, 0) is 81.0 Å². The lowest BCUT2D eigenvalue weighted by molar-refractivity contribution is -0.142. The molecule has 46 heavy (non-hydrogen) atoms. The summed E-state index contributed by atoms with van der Waals surface area (Å²) in [6.45, 7) is 8.98. The Hall–Kier alpha value is -5.12. The lowest BCUT2D eigenvalue weighted by Crippen LogP contribution is -2.35. The molecule has 1 aliphatic heterocycles. The van der Waals surface area contributed by atoms with Crippen molar-refractivity contribution in [1.82, 2.24) is 19.7 Å². The first-order chi connectivity index (χ1) is 22.1. The van der Waals surface area contributed by atoms with Gasteiger partial charge in [0.25, 0.3) is 0 Å².